The van der Waals surface area contributed by atoms with E-state index in [1.54, 1.807) is 23.7 Å². The molecular weight excluding hydrogens is 456 g/mol. The Morgan fingerprint density at radius 2 is 1.75 bits per heavy atom. The molecule has 1 aromatic heterocycles. The number of aromatic nitrogens is 3. The monoisotopic (exact) mass is 474 g/mol. The predicted molar refractivity (Wildman–Crippen MR) is 122 cm³/mol. The Morgan fingerprint density at radius 3 is 2.41 bits per heavy atom. The minimum Gasteiger partial charge on any atom is -0.326 e. The van der Waals surface area contributed by atoms with Crippen molar-refractivity contribution in [3.63, 3.8) is 0 Å². The molecule has 0 atom stereocenters. The summed E-state index contributed by atoms with van der Waals surface area (Å²) in [6.07, 6.45) is 0.00451. The van der Waals surface area contributed by atoms with E-state index in [4.69, 9.17) is 11.6 Å². The van der Waals surface area contributed by atoms with Gasteiger partial charge in [0.15, 0.2) is 5.16 Å². The molecule has 0 aliphatic carbocycles. The van der Waals surface area contributed by atoms with Gasteiger partial charge in [-0.25, -0.2) is 0 Å². The molecule has 10 nitrogen and oxygen atoms in total. The van der Waals surface area contributed by atoms with Gasteiger partial charge in [0.2, 0.25) is 11.8 Å². The normalized spacial score (nSPS) is 10.6. The maximum atomic E-state index is 12.3. The van der Waals surface area contributed by atoms with Crippen LogP contribution >= 0.6 is 23.4 Å². The van der Waals surface area contributed by atoms with Crippen LogP contribution in [0.3, 0.4) is 0 Å². The SMILES string of the molecule is Cc1ccc(NC(=O)Cc2nnc(SCC(=O)Nc3ccc([N+](=O)[O-])cc3)n2C)cc1Cl. The van der Waals surface area contributed by atoms with E-state index in [0.717, 1.165) is 17.3 Å². The van der Waals surface area contributed by atoms with E-state index in [9.17, 15) is 19.7 Å². The highest BCUT2D eigenvalue weighted by molar-refractivity contribution is 7.99. The standard InChI is InChI=1S/C20H19ClN6O4S/c1-12-3-4-14(9-16(12)21)23-18(28)10-17-24-25-20(26(17)2)32-11-19(29)22-13-5-7-15(8-6-13)27(30)31/h3-9H,10-11H2,1-2H3,(H,22,29)(H,23,28). The lowest BCUT2D eigenvalue weighted by Crippen LogP contribution is -2.17. The van der Waals surface area contributed by atoms with Crippen LogP contribution in [0.1, 0.15) is 11.4 Å². The molecule has 0 radical (unpaired) electrons. The third-order valence-electron chi connectivity index (χ3n) is 4.39. The lowest BCUT2D eigenvalue weighted by atomic mass is 10.2. The summed E-state index contributed by atoms with van der Waals surface area (Å²) >= 11 is 7.23. The van der Waals surface area contributed by atoms with Gasteiger partial charge in [0.1, 0.15) is 5.82 Å². The highest BCUT2D eigenvalue weighted by Crippen LogP contribution is 2.21. The summed E-state index contributed by atoms with van der Waals surface area (Å²) in [7, 11) is 1.71. The summed E-state index contributed by atoms with van der Waals surface area (Å²) < 4.78 is 1.64. The van der Waals surface area contributed by atoms with Gasteiger partial charge in [-0.3, -0.25) is 19.7 Å². The van der Waals surface area contributed by atoms with Crippen LogP contribution in [0, 0.1) is 17.0 Å². The Balaban J connectivity index is 1.52. The van der Waals surface area contributed by atoms with E-state index in [0.29, 0.717) is 27.4 Å². The van der Waals surface area contributed by atoms with Crippen molar-refractivity contribution in [3.8, 4) is 0 Å². The van der Waals surface area contributed by atoms with E-state index in [2.05, 4.69) is 20.8 Å². The summed E-state index contributed by atoms with van der Waals surface area (Å²) in [6.45, 7) is 1.87. The van der Waals surface area contributed by atoms with E-state index < -0.39 is 4.92 Å². The highest BCUT2D eigenvalue weighted by Gasteiger charge is 2.15. The van der Waals surface area contributed by atoms with E-state index in [1.165, 1.54) is 24.3 Å². The van der Waals surface area contributed by atoms with Gasteiger partial charge in [-0.2, -0.15) is 0 Å². The minimum atomic E-state index is -0.511. The second kappa shape index (κ2) is 10.2. The van der Waals surface area contributed by atoms with Crippen LogP contribution in [-0.2, 0) is 23.1 Å². The first-order chi connectivity index (χ1) is 15.2. The summed E-state index contributed by atoms with van der Waals surface area (Å²) in [5.41, 5.74) is 1.90. The third-order valence-corrected chi connectivity index (χ3v) is 5.82. The Hall–Kier alpha value is -3.44. The fraction of sp³-hybridized carbons (Fsp3) is 0.200. The topological polar surface area (TPSA) is 132 Å². The molecule has 0 saturated carbocycles. The van der Waals surface area contributed by atoms with Gasteiger partial charge < -0.3 is 15.2 Å². The fourth-order valence-corrected chi connectivity index (χ4v) is 3.55. The van der Waals surface area contributed by atoms with Crippen LogP contribution < -0.4 is 10.6 Å². The van der Waals surface area contributed by atoms with Crippen molar-refractivity contribution in [1.82, 2.24) is 14.8 Å². The molecule has 12 heteroatoms. The predicted octanol–water partition coefficient (Wildman–Crippen LogP) is 3.60. The zero-order chi connectivity index (χ0) is 23.3. The molecule has 3 aromatic rings. The Bertz CT molecular complexity index is 1170. The molecule has 0 aliphatic heterocycles. The fourth-order valence-electron chi connectivity index (χ4n) is 2.64. The molecule has 0 fully saturated rings. The number of nitro benzene ring substituents is 1. The maximum absolute atomic E-state index is 12.3. The van der Waals surface area contributed by atoms with Gasteiger partial charge in [-0.15, -0.1) is 10.2 Å². The largest absolute Gasteiger partial charge is 0.326 e. The van der Waals surface area contributed by atoms with Crippen LogP contribution in [0.15, 0.2) is 47.6 Å². The van der Waals surface area contributed by atoms with Gasteiger partial charge in [0, 0.05) is 35.6 Å². The molecule has 2 N–H and O–H groups in total. The molecular formula is C20H19ClN6O4S. The van der Waals surface area contributed by atoms with E-state index >= 15 is 0 Å². The number of rotatable bonds is 8. The van der Waals surface area contributed by atoms with Gasteiger partial charge in [0.05, 0.1) is 17.1 Å². The minimum absolute atomic E-state index is 0.00451. The number of anilines is 2. The van der Waals surface area contributed by atoms with Crippen molar-refractivity contribution >= 4 is 52.2 Å². The number of halogens is 1. The van der Waals surface area contributed by atoms with Crippen molar-refractivity contribution in [3.05, 3.63) is 69.0 Å². The van der Waals surface area contributed by atoms with Crippen LogP contribution in [0.2, 0.25) is 5.02 Å². The van der Waals surface area contributed by atoms with Crippen LogP contribution in [0.25, 0.3) is 0 Å². The van der Waals surface area contributed by atoms with Crippen molar-refractivity contribution < 1.29 is 14.5 Å². The van der Waals surface area contributed by atoms with Gasteiger partial charge >= 0.3 is 0 Å². The number of nitrogens with one attached hydrogen (secondary N) is 2. The summed E-state index contributed by atoms with van der Waals surface area (Å²) in [5, 5.41) is 25.2. The van der Waals surface area contributed by atoms with Crippen molar-refractivity contribution in [2.75, 3.05) is 16.4 Å². The number of non-ortho nitro benzene ring substituents is 1. The zero-order valence-electron chi connectivity index (χ0n) is 17.2. The molecule has 0 saturated heterocycles. The average Bonchev–Trinajstić information content (AvgIpc) is 3.09. The molecule has 0 spiro atoms. The number of nitrogens with zero attached hydrogens (tertiary/aromatic N) is 4. The number of nitro groups is 1. The molecule has 0 aliphatic rings. The maximum Gasteiger partial charge on any atom is 0.269 e. The van der Waals surface area contributed by atoms with E-state index in [-0.39, 0.29) is 29.7 Å². The van der Waals surface area contributed by atoms with Crippen molar-refractivity contribution in [1.29, 1.82) is 0 Å². The Kier molecular flexibility index (Phi) is 7.44. The molecule has 0 unspecified atom stereocenters. The molecule has 2 aromatic carbocycles. The second-order valence-corrected chi connectivity index (χ2v) is 8.14. The smallest absolute Gasteiger partial charge is 0.269 e. The molecule has 3 rings (SSSR count). The first kappa shape index (κ1) is 23.2. The third kappa shape index (κ3) is 6.05. The first-order valence-corrected chi connectivity index (χ1v) is 10.7. The number of thioether (sulfide) groups is 1. The van der Waals surface area contributed by atoms with Crippen LogP contribution in [0.4, 0.5) is 17.1 Å². The highest BCUT2D eigenvalue weighted by atomic mass is 35.5. The van der Waals surface area contributed by atoms with Gasteiger partial charge in [0.25, 0.3) is 5.69 Å². The number of benzene rings is 2. The quantitative estimate of drug-likeness (QED) is 0.289. The van der Waals surface area contributed by atoms with E-state index in [1.807, 2.05) is 13.0 Å². The summed E-state index contributed by atoms with van der Waals surface area (Å²) in [4.78, 5) is 34.7. The van der Waals surface area contributed by atoms with Crippen molar-refractivity contribution in [2.45, 2.75) is 18.5 Å². The van der Waals surface area contributed by atoms with Crippen LogP contribution in [0.5, 0.6) is 0 Å². The molecule has 0 bridgehead atoms. The van der Waals surface area contributed by atoms with Crippen LogP contribution in [-0.4, -0.2) is 37.3 Å². The molecule has 1 heterocycles. The van der Waals surface area contributed by atoms with Gasteiger partial charge in [-0.05, 0) is 36.8 Å². The molecule has 166 valence electrons. The molecule has 32 heavy (non-hydrogen) atoms. The van der Waals surface area contributed by atoms with Crippen molar-refractivity contribution in [2.24, 2.45) is 7.05 Å². The second-order valence-electron chi connectivity index (χ2n) is 6.79. The first-order valence-electron chi connectivity index (χ1n) is 9.34. The summed E-state index contributed by atoms with van der Waals surface area (Å²) in [5.74, 6) is -0.0777. The molecule has 2 amide bonds. The average molecular weight is 475 g/mol. The number of carbonyl (C=O) groups excluding carboxylic acids is 2. The Labute approximate surface area is 192 Å². The zero-order valence-corrected chi connectivity index (χ0v) is 18.7. The Morgan fingerprint density at radius 1 is 1.09 bits per heavy atom. The number of carbonyl (C=O) groups is 2. The summed E-state index contributed by atoms with van der Waals surface area (Å²) in [6, 6.07) is 10.8. The van der Waals surface area contributed by atoms with Gasteiger partial charge in [-0.1, -0.05) is 29.4 Å². The number of amides is 2. The number of hydrogen-bond donors (Lipinski definition) is 2. The number of aryl methyl sites for hydroxylation is 1. The lowest BCUT2D eigenvalue weighted by Gasteiger charge is -2.07. The lowest BCUT2D eigenvalue weighted by molar-refractivity contribution is -0.384. The number of hydrogen-bond acceptors (Lipinski definition) is 7.